The Morgan fingerprint density at radius 3 is 2.67 bits per heavy atom. The molecule has 2 N–H and O–H groups in total. The van der Waals surface area contributed by atoms with E-state index in [1.807, 2.05) is 0 Å². The van der Waals surface area contributed by atoms with Crippen LogP contribution in [-0.4, -0.2) is 23.8 Å². The summed E-state index contributed by atoms with van der Waals surface area (Å²) in [5.74, 6) is 0.681. The molecule has 0 radical (unpaired) electrons. The number of rotatable bonds is 4. The summed E-state index contributed by atoms with van der Waals surface area (Å²) < 4.78 is 0. The van der Waals surface area contributed by atoms with Gasteiger partial charge in [-0.05, 0) is 66.5 Å². The molecule has 27 heavy (non-hydrogen) atoms. The number of thiophene rings is 1. The predicted octanol–water partition coefficient (Wildman–Crippen LogP) is 4.58. The average molecular weight is 378 g/mol. The fourth-order valence-electron chi connectivity index (χ4n) is 4.15. The zero-order chi connectivity index (χ0) is 18.6. The molecule has 4 nitrogen and oxygen atoms in total. The number of nitrogens with zero attached hydrogens (tertiary/aromatic N) is 1. The number of carbonyl (C=O) groups excluding carboxylic acids is 1. The van der Waals surface area contributed by atoms with Crippen LogP contribution in [0, 0.1) is 11.3 Å². The highest BCUT2D eigenvalue weighted by Gasteiger charge is 2.52. The van der Waals surface area contributed by atoms with Crippen molar-refractivity contribution in [2.45, 2.75) is 37.6 Å². The molecule has 1 atom stereocenters. The number of hydrogen-bond acceptors (Lipinski definition) is 3. The zero-order valence-electron chi connectivity index (χ0n) is 15.4. The van der Waals surface area contributed by atoms with E-state index in [-0.39, 0.29) is 11.9 Å². The molecule has 2 aliphatic carbocycles. The summed E-state index contributed by atoms with van der Waals surface area (Å²) in [4.78, 5) is 16.3. The standard InChI is InChI=1S/C22H23N3OS/c1-25-20(26)13-22(17-8-9-17,24-21(25)23)19-11-10-18(27-19)16-7-3-6-15(12-16)14-4-2-5-14/h3-4,6-7,10-12,17H,2,5,8-9,13H2,1H3,(H2,23,24). The number of benzene rings is 1. The Bertz CT molecular complexity index is 951. The van der Waals surface area contributed by atoms with Crippen LogP contribution in [0.2, 0.25) is 0 Å². The molecule has 2 aromatic rings. The topological polar surface area (TPSA) is 56.2 Å². The Hall–Kier alpha value is -2.40. The average Bonchev–Trinajstić information content (AvgIpc) is 3.35. The van der Waals surface area contributed by atoms with Crippen LogP contribution >= 0.6 is 11.3 Å². The number of hydrogen-bond donors (Lipinski definition) is 2. The molecule has 0 spiro atoms. The molecule has 1 aliphatic heterocycles. The van der Waals surface area contributed by atoms with Crippen molar-refractivity contribution >= 4 is 28.8 Å². The first kappa shape index (κ1) is 16.8. The lowest BCUT2D eigenvalue weighted by atomic mass is 9.85. The van der Waals surface area contributed by atoms with Crippen LogP contribution in [0.3, 0.4) is 0 Å². The predicted molar refractivity (Wildman–Crippen MR) is 110 cm³/mol. The smallest absolute Gasteiger partial charge is 0.231 e. The van der Waals surface area contributed by atoms with Gasteiger partial charge in [0.2, 0.25) is 5.91 Å². The maximum atomic E-state index is 12.5. The fourth-order valence-corrected chi connectivity index (χ4v) is 5.38. The highest BCUT2D eigenvalue weighted by atomic mass is 32.1. The Morgan fingerprint density at radius 1 is 1.22 bits per heavy atom. The molecule has 5 rings (SSSR count). The molecule has 1 aromatic carbocycles. The Kier molecular flexibility index (Phi) is 3.76. The molecule has 3 aliphatic rings. The molecule has 1 aromatic heterocycles. The van der Waals surface area contributed by atoms with Crippen LogP contribution in [-0.2, 0) is 10.3 Å². The van der Waals surface area contributed by atoms with Gasteiger partial charge < -0.3 is 5.32 Å². The van der Waals surface area contributed by atoms with Crippen LogP contribution < -0.4 is 5.32 Å². The second-order valence-electron chi connectivity index (χ2n) is 7.86. The third-order valence-electron chi connectivity index (χ3n) is 6.12. The molecule has 0 bridgehead atoms. The van der Waals surface area contributed by atoms with E-state index in [9.17, 15) is 4.79 Å². The van der Waals surface area contributed by atoms with E-state index in [2.05, 4.69) is 47.8 Å². The monoisotopic (exact) mass is 377 g/mol. The highest BCUT2D eigenvalue weighted by molar-refractivity contribution is 7.15. The van der Waals surface area contributed by atoms with Crippen molar-refractivity contribution < 1.29 is 4.79 Å². The van der Waals surface area contributed by atoms with Crippen molar-refractivity contribution in [2.24, 2.45) is 5.92 Å². The van der Waals surface area contributed by atoms with E-state index in [0.717, 1.165) is 12.8 Å². The van der Waals surface area contributed by atoms with Gasteiger partial charge in [-0.15, -0.1) is 11.3 Å². The third-order valence-corrected chi connectivity index (χ3v) is 7.44. The number of allylic oxidation sites excluding steroid dienone is 2. The Labute approximate surface area is 163 Å². The molecule has 138 valence electrons. The van der Waals surface area contributed by atoms with Gasteiger partial charge in [0.15, 0.2) is 5.96 Å². The van der Waals surface area contributed by atoms with Crippen LogP contribution in [0.5, 0.6) is 0 Å². The third kappa shape index (κ3) is 2.72. The quantitative estimate of drug-likeness (QED) is 0.819. The summed E-state index contributed by atoms with van der Waals surface area (Å²) in [6, 6.07) is 13.1. The van der Waals surface area contributed by atoms with E-state index >= 15 is 0 Å². The summed E-state index contributed by atoms with van der Waals surface area (Å²) in [5, 5.41) is 11.6. The van der Waals surface area contributed by atoms with Gasteiger partial charge in [-0.2, -0.15) is 0 Å². The molecular weight excluding hydrogens is 354 g/mol. The molecule has 2 fully saturated rings. The van der Waals surface area contributed by atoms with E-state index in [4.69, 9.17) is 5.41 Å². The second-order valence-corrected chi connectivity index (χ2v) is 8.95. The summed E-state index contributed by atoms with van der Waals surface area (Å²) >= 11 is 1.76. The van der Waals surface area contributed by atoms with Crippen molar-refractivity contribution in [3.8, 4) is 10.4 Å². The SMILES string of the molecule is CN1C(=N)NC(c2ccc(-c3cccc(C4=CCC4)c3)s2)(C2CC2)CC1=O. The van der Waals surface area contributed by atoms with Gasteiger partial charge in [0.05, 0.1) is 12.0 Å². The maximum Gasteiger partial charge on any atom is 0.231 e. The first-order chi connectivity index (χ1) is 13.1. The lowest BCUT2D eigenvalue weighted by molar-refractivity contribution is -0.130. The van der Waals surface area contributed by atoms with Crippen molar-refractivity contribution in [3.63, 3.8) is 0 Å². The minimum absolute atomic E-state index is 0.0273. The largest absolute Gasteiger partial charge is 0.345 e. The minimum Gasteiger partial charge on any atom is -0.345 e. The van der Waals surface area contributed by atoms with Crippen LogP contribution in [0.4, 0.5) is 0 Å². The first-order valence-corrected chi connectivity index (χ1v) is 10.4. The molecule has 2 heterocycles. The lowest BCUT2D eigenvalue weighted by Gasteiger charge is -2.41. The molecular formula is C22H23N3OS. The van der Waals surface area contributed by atoms with Crippen LogP contribution in [0.15, 0.2) is 42.5 Å². The number of guanidine groups is 1. The van der Waals surface area contributed by atoms with Gasteiger partial charge in [0, 0.05) is 16.8 Å². The first-order valence-electron chi connectivity index (χ1n) is 9.60. The van der Waals surface area contributed by atoms with Crippen molar-refractivity contribution in [2.75, 3.05) is 7.05 Å². The van der Waals surface area contributed by atoms with Gasteiger partial charge in [0.25, 0.3) is 0 Å². The molecule has 1 amide bonds. The Balaban J connectivity index is 1.51. The minimum atomic E-state index is -0.405. The zero-order valence-corrected chi connectivity index (χ0v) is 16.2. The summed E-state index contributed by atoms with van der Waals surface area (Å²) in [5.41, 5.74) is 3.59. The summed E-state index contributed by atoms with van der Waals surface area (Å²) in [7, 11) is 1.68. The van der Waals surface area contributed by atoms with Crippen molar-refractivity contribution in [1.29, 1.82) is 5.41 Å². The summed E-state index contributed by atoms with van der Waals surface area (Å²) in [6.45, 7) is 0. The lowest BCUT2D eigenvalue weighted by Crippen LogP contribution is -2.60. The normalized spacial score (nSPS) is 25.1. The Morgan fingerprint density at radius 2 is 2.00 bits per heavy atom. The fraction of sp³-hybridized carbons (Fsp3) is 0.364. The number of amides is 1. The van der Waals surface area contributed by atoms with Gasteiger partial charge >= 0.3 is 0 Å². The molecule has 5 heteroatoms. The van der Waals surface area contributed by atoms with E-state index < -0.39 is 5.54 Å². The summed E-state index contributed by atoms with van der Waals surface area (Å²) in [6.07, 6.45) is 7.34. The van der Waals surface area contributed by atoms with Gasteiger partial charge in [0.1, 0.15) is 0 Å². The van der Waals surface area contributed by atoms with Gasteiger partial charge in [-0.25, -0.2) is 0 Å². The van der Waals surface area contributed by atoms with Crippen molar-refractivity contribution in [1.82, 2.24) is 10.2 Å². The van der Waals surface area contributed by atoms with Crippen molar-refractivity contribution in [3.05, 3.63) is 52.9 Å². The maximum absolute atomic E-state index is 12.5. The molecule has 1 saturated heterocycles. The van der Waals surface area contributed by atoms with E-state index in [0.29, 0.717) is 12.3 Å². The van der Waals surface area contributed by atoms with Gasteiger partial charge in [-0.1, -0.05) is 24.3 Å². The number of carbonyl (C=O) groups is 1. The van der Waals surface area contributed by atoms with Gasteiger partial charge in [-0.3, -0.25) is 15.1 Å². The van der Waals surface area contributed by atoms with Crippen LogP contribution in [0.25, 0.3) is 16.0 Å². The number of nitrogens with one attached hydrogen (secondary N) is 2. The molecule has 1 unspecified atom stereocenters. The highest BCUT2D eigenvalue weighted by Crippen LogP contribution is 2.51. The second kappa shape index (κ2) is 6.06. The van der Waals surface area contributed by atoms with Crippen LogP contribution in [0.1, 0.15) is 42.5 Å². The van der Waals surface area contributed by atoms with E-state index in [1.54, 1.807) is 18.4 Å². The molecule has 1 saturated carbocycles. The van der Waals surface area contributed by atoms with E-state index in [1.165, 1.54) is 44.2 Å².